The van der Waals surface area contributed by atoms with Crippen molar-refractivity contribution < 1.29 is 13.2 Å². The second kappa shape index (κ2) is 5.17. The Hall–Kier alpha value is -1.57. The van der Waals surface area contributed by atoms with Crippen LogP contribution in [0.5, 0.6) is 0 Å². The molecule has 0 unspecified atom stereocenters. The molecule has 0 aliphatic carbocycles. The highest BCUT2D eigenvalue weighted by Crippen LogP contribution is 2.11. The fourth-order valence-electron chi connectivity index (χ4n) is 1.36. The number of carbonyl (C=O) groups is 1. The Bertz CT molecular complexity index is 487. The summed E-state index contributed by atoms with van der Waals surface area (Å²) in [6.07, 6.45) is 1.54. The van der Waals surface area contributed by atoms with Crippen molar-refractivity contribution in [2.24, 2.45) is 0 Å². The third-order valence-electron chi connectivity index (χ3n) is 2.18. The first kappa shape index (κ1) is 13.5. The zero-order valence-corrected chi connectivity index (χ0v) is 10.6. The van der Waals surface area contributed by atoms with Crippen LogP contribution in [-0.2, 0) is 9.84 Å². The van der Waals surface area contributed by atoms with Crippen molar-refractivity contribution in [2.45, 2.75) is 13.3 Å². The smallest absolute Gasteiger partial charge is 0.256 e. The third kappa shape index (κ3) is 4.06. The third-order valence-corrected chi connectivity index (χ3v) is 3.21. The minimum atomic E-state index is -2.99. The van der Waals surface area contributed by atoms with Gasteiger partial charge in [-0.1, -0.05) is 0 Å². The van der Waals surface area contributed by atoms with Gasteiger partial charge in [-0.25, -0.2) is 8.42 Å². The second-order valence-corrected chi connectivity index (χ2v) is 6.11. The zero-order chi connectivity index (χ0) is 13.1. The molecule has 1 heterocycles. The lowest BCUT2D eigenvalue weighted by Gasteiger charge is -2.04. The van der Waals surface area contributed by atoms with Gasteiger partial charge in [0.05, 0.1) is 5.75 Å². The summed E-state index contributed by atoms with van der Waals surface area (Å²) in [6.45, 7) is 1.98. The van der Waals surface area contributed by atoms with Gasteiger partial charge in [0.25, 0.3) is 5.91 Å². The predicted octanol–water partition coefficient (Wildman–Crippen LogP) is -0.535. The van der Waals surface area contributed by atoms with Crippen LogP contribution in [0.1, 0.15) is 22.5 Å². The van der Waals surface area contributed by atoms with Crippen molar-refractivity contribution >= 4 is 21.6 Å². The van der Waals surface area contributed by atoms with Gasteiger partial charge >= 0.3 is 0 Å². The number of hydrogen-bond acceptors (Lipinski definition) is 5. The van der Waals surface area contributed by atoms with Gasteiger partial charge in [0.15, 0.2) is 5.82 Å². The number of aromatic nitrogens is 2. The van der Waals surface area contributed by atoms with Gasteiger partial charge in [0.2, 0.25) is 0 Å². The topological polar surface area (TPSA) is 118 Å². The van der Waals surface area contributed by atoms with Crippen LogP contribution in [0.4, 0.5) is 5.82 Å². The van der Waals surface area contributed by atoms with Crippen LogP contribution in [-0.4, -0.2) is 43.1 Å². The number of amides is 1. The largest absolute Gasteiger partial charge is 0.382 e. The Labute approximate surface area is 99.7 Å². The van der Waals surface area contributed by atoms with Crippen LogP contribution < -0.4 is 11.1 Å². The molecule has 0 spiro atoms. The highest BCUT2D eigenvalue weighted by molar-refractivity contribution is 7.90. The van der Waals surface area contributed by atoms with Crippen molar-refractivity contribution in [3.05, 3.63) is 11.3 Å². The van der Waals surface area contributed by atoms with E-state index in [1.807, 2.05) is 0 Å². The van der Waals surface area contributed by atoms with Crippen molar-refractivity contribution in [1.29, 1.82) is 0 Å². The van der Waals surface area contributed by atoms with E-state index in [1.54, 1.807) is 6.92 Å². The highest BCUT2D eigenvalue weighted by Gasteiger charge is 2.15. The van der Waals surface area contributed by atoms with Crippen LogP contribution in [0.25, 0.3) is 0 Å². The average molecular weight is 260 g/mol. The minimum Gasteiger partial charge on any atom is -0.382 e. The van der Waals surface area contributed by atoms with Gasteiger partial charge in [-0.2, -0.15) is 5.10 Å². The van der Waals surface area contributed by atoms with Gasteiger partial charge in [0.1, 0.15) is 15.4 Å². The number of aromatic amines is 1. The quantitative estimate of drug-likeness (QED) is 0.615. The van der Waals surface area contributed by atoms with Crippen molar-refractivity contribution in [1.82, 2.24) is 15.5 Å². The fraction of sp³-hybridized carbons (Fsp3) is 0.556. The first-order valence-electron chi connectivity index (χ1n) is 5.07. The molecule has 0 aliphatic rings. The van der Waals surface area contributed by atoms with Crippen LogP contribution in [0.15, 0.2) is 0 Å². The molecule has 17 heavy (non-hydrogen) atoms. The normalized spacial score (nSPS) is 11.4. The minimum absolute atomic E-state index is 0.0487. The number of nitrogens with one attached hydrogen (secondary N) is 2. The number of anilines is 1. The number of nitrogens with zero attached hydrogens (tertiary/aromatic N) is 1. The molecule has 8 heteroatoms. The van der Waals surface area contributed by atoms with Crippen molar-refractivity contribution in [3.8, 4) is 0 Å². The van der Waals surface area contributed by atoms with E-state index in [4.69, 9.17) is 5.73 Å². The molecule has 1 rings (SSSR count). The number of nitrogens with two attached hydrogens (primary N) is 1. The standard InChI is InChI=1S/C9H16N4O3S/c1-6-7(8(10)13-12-6)9(14)11-4-3-5-17(2,15)16/h3-5H2,1-2H3,(H,11,14)(H3,10,12,13). The van der Waals surface area contributed by atoms with E-state index in [9.17, 15) is 13.2 Å². The maximum atomic E-state index is 11.7. The molecule has 0 fully saturated rings. The number of rotatable bonds is 5. The number of sulfone groups is 1. The average Bonchev–Trinajstić information content (AvgIpc) is 2.52. The predicted molar refractivity (Wildman–Crippen MR) is 64.4 cm³/mol. The lowest BCUT2D eigenvalue weighted by atomic mass is 10.2. The molecular weight excluding hydrogens is 244 g/mol. The van der Waals surface area contributed by atoms with E-state index < -0.39 is 9.84 Å². The Balaban J connectivity index is 2.46. The number of nitrogen functional groups attached to an aromatic ring is 1. The first-order chi connectivity index (χ1) is 7.81. The van der Waals surface area contributed by atoms with E-state index in [-0.39, 0.29) is 24.0 Å². The van der Waals surface area contributed by atoms with Crippen LogP contribution >= 0.6 is 0 Å². The molecule has 7 nitrogen and oxygen atoms in total. The Morgan fingerprint density at radius 3 is 2.65 bits per heavy atom. The zero-order valence-electron chi connectivity index (χ0n) is 9.78. The molecular formula is C9H16N4O3S. The molecule has 96 valence electrons. The van der Waals surface area contributed by atoms with E-state index in [0.717, 1.165) is 6.26 Å². The molecule has 1 aromatic rings. The molecule has 0 radical (unpaired) electrons. The molecule has 4 N–H and O–H groups in total. The molecule has 0 saturated heterocycles. The number of aryl methyl sites for hydroxylation is 1. The lowest BCUT2D eigenvalue weighted by Crippen LogP contribution is -2.26. The summed E-state index contributed by atoms with van der Waals surface area (Å²) in [5.74, 6) is -0.155. The van der Waals surface area contributed by atoms with E-state index in [2.05, 4.69) is 15.5 Å². The van der Waals surface area contributed by atoms with E-state index >= 15 is 0 Å². The Kier molecular flexibility index (Phi) is 4.11. The molecule has 0 aromatic carbocycles. The van der Waals surface area contributed by atoms with Crippen molar-refractivity contribution in [2.75, 3.05) is 24.3 Å². The summed E-state index contributed by atoms with van der Waals surface area (Å²) in [5, 5.41) is 8.90. The fourth-order valence-corrected chi connectivity index (χ4v) is 2.03. The van der Waals surface area contributed by atoms with Gasteiger partial charge in [-0.15, -0.1) is 0 Å². The molecule has 0 saturated carbocycles. The van der Waals surface area contributed by atoms with Gasteiger partial charge in [-0.3, -0.25) is 9.89 Å². The van der Waals surface area contributed by atoms with Crippen LogP contribution in [0, 0.1) is 6.92 Å². The summed E-state index contributed by atoms with van der Waals surface area (Å²) in [5.41, 5.74) is 6.41. The molecule has 0 atom stereocenters. The molecule has 1 amide bonds. The van der Waals surface area contributed by atoms with Gasteiger partial charge in [-0.05, 0) is 13.3 Å². The lowest BCUT2D eigenvalue weighted by molar-refractivity contribution is 0.0954. The second-order valence-electron chi connectivity index (χ2n) is 3.85. The van der Waals surface area contributed by atoms with E-state index in [0.29, 0.717) is 17.7 Å². The summed E-state index contributed by atoms with van der Waals surface area (Å²) in [7, 11) is -2.99. The van der Waals surface area contributed by atoms with Crippen LogP contribution in [0.2, 0.25) is 0 Å². The molecule has 0 bridgehead atoms. The molecule has 0 aliphatic heterocycles. The maximum Gasteiger partial charge on any atom is 0.256 e. The van der Waals surface area contributed by atoms with E-state index in [1.165, 1.54) is 0 Å². The Morgan fingerprint density at radius 2 is 2.18 bits per heavy atom. The molecule has 1 aromatic heterocycles. The van der Waals surface area contributed by atoms with Gasteiger partial charge < -0.3 is 11.1 Å². The highest BCUT2D eigenvalue weighted by atomic mass is 32.2. The Morgan fingerprint density at radius 1 is 1.53 bits per heavy atom. The first-order valence-corrected chi connectivity index (χ1v) is 7.13. The SMILES string of the molecule is Cc1[nH]nc(N)c1C(=O)NCCCS(C)(=O)=O. The monoisotopic (exact) mass is 260 g/mol. The van der Waals surface area contributed by atoms with Crippen molar-refractivity contribution in [3.63, 3.8) is 0 Å². The number of H-pyrrole nitrogens is 1. The number of hydrogen-bond donors (Lipinski definition) is 3. The number of carbonyl (C=O) groups excluding carboxylic acids is 1. The van der Waals surface area contributed by atoms with Gasteiger partial charge in [0, 0.05) is 18.5 Å². The van der Waals surface area contributed by atoms with Crippen LogP contribution in [0.3, 0.4) is 0 Å². The summed E-state index contributed by atoms with van der Waals surface area (Å²) in [4.78, 5) is 11.7. The summed E-state index contributed by atoms with van der Waals surface area (Å²) >= 11 is 0. The summed E-state index contributed by atoms with van der Waals surface area (Å²) in [6, 6.07) is 0. The summed E-state index contributed by atoms with van der Waals surface area (Å²) < 4.78 is 21.7. The maximum absolute atomic E-state index is 11.7.